The molecule has 2 aromatic rings. The van der Waals surface area contributed by atoms with E-state index in [1.165, 1.54) is 4.31 Å². The summed E-state index contributed by atoms with van der Waals surface area (Å²) in [4.78, 5) is 16.7. The minimum atomic E-state index is -3.55. The number of nitrogens with zero attached hydrogens (tertiary/aromatic N) is 3. The number of benzene rings is 2. The number of hydrogen-bond donors (Lipinski definition) is 0. The molecule has 0 bridgehead atoms. The van der Waals surface area contributed by atoms with Gasteiger partial charge in [-0.25, -0.2) is 8.42 Å². The van der Waals surface area contributed by atoms with Crippen molar-refractivity contribution in [2.45, 2.75) is 24.7 Å². The maximum Gasteiger partial charge on any atom is 0.243 e. The van der Waals surface area contributed by atoms with Gasteiger partial charge in [-0.3, -0.25) is 4.79 Å². The zero-order chi connectivity index (χ0) is 21.9. The molecule has 0 spiro atoms. The smallest absolute Gasteiger partial charge is 0.243 e. The van der Waals surface area contributed by atoms with Crippen molar-refractivity contribution < 1.29 is 13.2 Å². The molecule has 1 fully saturated rings. The third-order valence-electron chi connectivity index (χ3n) is 5.44. The van der Waals surface area contributed by atoms with E-state index in [0.717, 1.165) is 21.3 Å². The van der Waals surface area contributed by atoms with E-state index in [9.17, 15) is 13.2 Å². The van der Waals surface area contributed by atoms with Gasteiger partial charge in [-0.2, -0.15) is 4.31 Å². The first-order chi connectivity index (χ1) is 14.2. The van der Waals surface area contributed by atoms with Gasteiger partial charge in [0.1, 0.15) is 0 Å². The van der Waals surface area contributed by atoms with Crippen LogP contribution < -0.4 is 4.90 Å². The Balaban J connectivity index is 1.54. The summed E-state index contributed by atoms with van der Waals surface area (Å²) in [5.41, 5.74) is 3.13. The molecule has 1 aliphatic rings. The SMILES string of the molecule is Cc1cc(S(=O)(=O)N2CCN(C(=O)CCc3ccc(N(C)C)cc3)CC2)ccc1Br. The molecular weight excluding hydrogens is 466 g/mol. The van der Waals surface area contributed by atoms with E-state index in [4.69, 9.17) is 0 Å². The summed E-state index contributed by atoms with van der Waals surface area (Å²) in [5, 5.41) is 0. The van der Waals surface area contributed by atoms with Crippen LogP contribution in [0.15, 0.2) is 51.8 Å². The summed E-state index contributed by atoms with van der Waals surface area (Å²) >= 11 is 3.40. The Morgan fingerprint density at radius 3 is 2.23 bits per heavy atom. The fourth-order valence-electron chi connectivity index (χ4n) is 3.47. The van der Waals surface area contributed by atoms with Gasteiger partial charge < -0.3 is 9.80 Å². The van der Waals surface area contributed by atoms with Crippen LogP contribution >= 0.6 is 15.9 Å². The van der Waals surface area contributed by atoms with Crippen LogP contribution in [-0.4, -0.2) is 63.8 Å². The maximum atomic E-state index is 12.9. The molecule has 0 radical (unpaired) electrons. The van der Waals surface area contributed by atoms with Crippen LogP contribution in [0, 0.1) is 6.92 Å². The maximum absolute atomic E-state index is 12.9. The molecule has 8 heteroatoms. The van der Waals surface area contributed by atoms with E-state index in [1.807, 2.05) is 50.2 Å². The fourth-order valence-corrected chi connectivity index (χ4v) is 5.23. The second-order valence-electron chi connectivity index (χ2n) is 7.76. The molecule has 0 aromatic heterocycles. The van der Waals surface area contributed by atoms with Crippen molar-refractivity contribution in [3.8, 4) is 0 Å². The molecule has 30 heavy (non-hydrogen) atoms. The number of amides is 1. The summed E-state index contributed by atoms with van der Waals surface area (Å²) < 4.78 is 28.2. The lowest BCUT2D eigenvalue weighted by atomic mass is 10.1. The lowest BCUT2D eigenvalue weighted by Crippen LogP contribution is -2.50. The lowest BCUT2D eigenvalue weighted by Gasteiger charge is -2.34. The first-order valence-electron chi connectivity index (χ1n) is 9.99. The van der Waals surface area contributed by atoms with Crippen molar-refractivity contribution in [2.75, 3.05) is 45.2 Å². The van der Waals surface area contributed by atoms with Crippen LogP contribution in [0.1, 0.15) is 17.5 Å². The zero-order valence-corrected chi connectivity index (χ0v) is 20.0. The molecular formula is C22H28BrN3O3S. The monoisotopic (exact) mass is 493 g/mol. The highest BCUT2D eigenvalue weighted by Crippen LogP contribution is 2.23. The first-order valence-corrected chi connectivity index (χ1v) is 12.2. The van der Waals surface area contributed by atoms with Gasteiger partial charge in [-0.05, 0) is 54.8 Å². The van der Waals surface area contributed by atoms with Crippen LogP contribution in [0.25, 0.3) is 0 Å². The van der Waals surface area contributed by atoms with Gasteiger partial charge in [0.25, 0.3) is 0 Å². The summed E-state index contributed by atoms with van der Waals surface area (Å²) in [5.74, 6) is 0.0724. The molecule has 1 aliphatic heterocycles. The minimum absolute atomic E-state index is 0.0724. The van der Waals surface area contributed by atoms with Crippen molar-refractivity contribution in [3.05, 3.63) is 58.1 Å². The summed E-state index contributed by atoms with van der Waals surface area (Å²) in [6, 6.07) is 13.2. The predicted molar refractivity (Wildman–Crippen MR) is 123 cm³/mol. The number of carbonyl (C=O) groups excluding carboxylic acids is 1. The standard InChI is InChI=1S/C22H28BrN3O3S/c1-17-16-20(9-10-21(17)23)30(28,29)26-14-12-25(13-15-26)22(27)11-6-18-4-7-19(8-5-18)24(2)3/h4-5,7-10,16H,6,11-15H2,1-3H3. The van der Waals surface area contributed by atoms with E-state index in [2.05, 4.69) is 15.9 Å². The zero-order valence-electron chi connectivity index (χ0n) is 17.6. The van der Waals surface area contributed by atoms with E-state index in [0.29, 0.717) is 43.9 Å². The Hall–Kier alpha value is -1.90. The highest BCUT2D eigenvalue weighted by molar-refractivity contribution is 9.10. The average molecular weight is 494 g/mol. The largest absolute Gasteiger partial charge is 0.378 e. The Kier molecular flexibility index (Phi) is 7.21. The van der Waals surface area contributed by atoms with Crippen LogP contribution in [0.5, 0.6) is 0 Å². The van der Waals surface area contributed by atoms with Crippen LogP contribution in [0.4, 0.5) is 5.69 Å². The van der Waals surface area contributed by atoms with Gasteiger partial charge in [0.05, 0.1) is 4.90 Å². The number of halogens is 1. The number of carbonyl (C=O) groups is 1. The minimum Gasteiger partial charge on any atom is -0.378 e. The number of aryl methyl sites for hydroxylation is 2. The first kappa shape index (κ1) is 22.8. The number of piperazine rings is 1. The second-order valence-corrected chi connectivity index (χ2v) is 10.5. The van der Waals surface area contributed by atoms with Gasteiger partial charge in [0.15, 0.2) is 0 Å². The Labute approximate surface area is 187 Å². The van der Waals surface area contributed by atoms with Crippen LogP contribution in [0.2, 0.25) is 0 Å². The molecule has 0 aliphatic carbocycles. The van der Waals surface area contributed by atoms with Gasteiger partial charge in [-0.15, -0.1) is 0 Å². The Morgan fingerprint density at radius 2 is 1.67 bits per heavy atom. The van der Waals surface area contributed by atoms with Gasteiger partial charge in [0.2, 0.25) is 15.9 Å². The van der Waals surface area contributed by atoms with Crippen LogP contribution in [-0.2, 0) is 21.2 Å². The Morgan fingerprint density at radius 1 is 1.03 bits per heavy atom. The summed E-state index contributed by atoms with van der Waals surface area (Å²) in [7, 11) is 0.446. The molecule has 0 N–H and O–H groups in total. The van der Waals surface area contributed by atoms with Gasteiger partial charge in [0, 0.05) is 56.9 Å². The number of rotatable bonds is 6. The van der Waals surface area contributed by atoms with E-state index >= 15 is 0 Å². The molecule has 3 rings (SSSR count). The van der Waals surface area contributed by atoms with Crippen molar-refractivity contribution >= 4 is 37.5 Å². The predicted octanol–water partition coefficient (Wildman–Crippen LogP) is 3.29. The highest BCUT2D eigenvalue weighted by atomic mass is 79.9. The quantitative estimate of drug-likeness (QED) is 0.619. The highest BCUT2D eigenvalue weighted by Gasteiger charge is 2.30. The molecule has 1 saturated heterocycles. The van der Waals surface area contributed by atoms with Crippen molar-refractivity contribution in [2.24, 2.45) is 0 Å². The molecule has 162 valence electrons. The van der Waals surface area contributed by atoms with Gasteiger partial charge >= 0.3 is 0 Å². The van der Waals surface area contributed by atoms with Crippen molar-refractivity contribution in [1.82, 2.24) is 9.21 Å². The molecule has 2 aromatic carbocycles. The Bertz CT molecular complexity index is 999. The number of anilines is 1. The molecule has 6 nitrogen and oxygen atoms in total. The van der Waals surface area contributed by atoms with Gasteiger partial charge in [-0.1, -0.05) is 28.1 Å². The molecule has 1 heterocycles. The lowest BCUT2D eigenvalue weighted by molar-refractivity contribution is -0.132. The molecule has 0 unspecified atom stereocenters. The van der Waals surface area contributed by atoms with Crippen molar-refractivity contribution in [1.29, 1.82) is 0 Å². The molecule has 1 amide bonds. The topological polar surface area (TPSA) is 60.9 Å². The van der Waals surface area contributed by atoms with Crippen LogP contribution in [0.3, 0.4) is 0 Å². The number of hydrogen-bond acceptors (Lipinski definition) is 4. The number of sulfonamides is 1. The van der Waals surface area contributed by atoms with E-state index in [1.54, 1.807) is 23.1 Å². The third kappa shape index (κ3) is 5.22. The molecule has 0 saturated carbocycles. The normalized spacial score (nSPS) is 15.3. The third-order valence-corrected chi connectivity index (χ3v) is 8.22. The van der Waals surface area contributed by atoms with E-state index < -0.39 is 10.0 Å². The van der Waals surface area contributed by atoms with E-state index in [-0.39, 0.29) is 5.91 Å². The summed E-state index contributed by atoms with van der Waals surface area (Å²) in [6.45, 7) is 3.36. The fraction of sp³-hybridized carbons (Fsp3) is 0.409. The molecule has 0 atom stereocenters. The van der Waals surface area contributed by atoms with Crippen molar-refractivity contribution in [3.63, 3.8) is 0 Å². The second kappa shape index (κ2) is 9.49. The summed E-state index contributed by atoms with van der Waals surface area (Å²) in [6.07, 6.45) is 1.11. The average Bonchev–Trinajstić information content (AvgIpc) is 2.74.